The predicted molar refractivity (Wildman–Crippen MR) is 113 cm³/mol. The van der Waals surface area contributed by atoms with Crippen molar-refractivity contribution in [2.24, 2.45) is 0 Å². The van der Waals surface area contributed by atoms with Gasteiger partial charge in [0, 0.05) is 19.2 Å². The van der Waals surface area contributed by atoms with Gasteiger partial charge in [-0.2, -0.15) is 5.10 Å². The van der Waals surface area contributed by atoms with E-state index in [0.717, 1.165) is 24.0 Å². The van der Waals surface area contributed by atoms with Gasteiger partial charge >= 0.3 is 0 Å². The van der Waals surface area contributed by atoms with Crippen molar-refractivity contribution in [3.8, 4) is 11.5 Å². The number of amides is 1. The molecule has 1 aliphatic heterocycles. The first-order valence-electron chi connectivity index (χ1n) is 9.80. The van der Waals surface area contributed by atoms with Crippen LogP contribution in [0.3, 0.4) is 0 Å². The summed E-state index contributed by atoms with van der Waals surface area (Å²) in [5.74, 6) is 0.356. The number of rotatable bonds is 5. The zero-order valence-electron chi connectivity index (χ0n) is 17.2. The highest BCUT2D eigenvalue weighted by molar-refractivity contribution is 7.92. The van der Waals surface area contributed by atoms with E-state index in [0.29, 0.717) is 30.0 Å². The number of sulfonamides is 1. The number of nitrogens with one attached hydrogen (secondary N) is 2. The van der Waals surface area contributed by atoms with Crippen LogP contribution in [0.1, 0.15) is 40.1 Å². The Kier molecular flexibility index (Phi) is 5.15. The maximum absolute atomic E-state index is 13.0. The van der Waals surface area contributed by atoms with Crippen molar-refractivity contribution in [3.05, 3.63) is 52.9 Å². The second kappa shape index (κ2) is 7.64. The number of nitrogens with zero attached hydrogens (tertiary/aromatic N) is 2. The summed E-state index contributed by atoms with van der Waals surface area (Å²) in [7, 11) is -3.88. The number of likely N-dealkylation sites (tertiary alicyclic amines) is 1. The van der Waals surface area contributed by atoms with E-state index in [1.807, 2.05) is 19.9 Å². The van der Waals surface area contributed by atoms with Crippen LogP contribution < -0.4 is 4.72 Å². The Balaban J connectivity index is 1.67. The summed E-state index contributed by atoms with van der Waals surface area (Å²) in [5, 5.41) is 6.76. The largest absolute Gasteiger partial charge is 0.458 e. The maximum Gasteiger partial charge on any atom is 0.265 e. The molecule has 1 aromatic carbocycles. The zero-order valence-corrected chi connectivity index (χ0v) is 18.0. The molecule has 1 saturated heterocycles. The summed E-state index contributed by atoms with van der Waals surface area (Å²) in [6.45, 7) is 6.78. The van der Waals surface area contributed by atoms with Crippen LogP contribution >= 0.6 is 0 Å². The third-order valence-corrected chi connectivity index (χ3v) is 6.99. The highest BCUT2D eigenvalue weighted by Gasteiger charge is 2.28. The number of H-pyrrole nitrogens is 1. The van der Waals surface area contributed by atoms with Gasteiger partial charge in [-0.25, -0.2) is 8.42 Å². The number of aryl methyl sites for hydroxylation is 2. The van der Waals surface area contributed by atoms with Crippen molar-refractivity contribution in [1.82, 2.24) is 15.1 Å². The van der Waals surface area contributed by atoms with E-state index < -0.39 is 10.0 Å². The number of benzene rings is 1. The summed E-state index contributed by atoms with van der Waals surface area (Å²) >= 11 is 0. The molecule has 2 N–H and O–H groups in total. The molecular formula is C21H24N4O4S. The molecule has 9 heteroatoms. The number of hydrogen-bond donors (Lipinski definition) is 2. The number of carbonyl (C=O) groups is 1. The molecule has 1 fully saturated rings. The minimum absolute atomic E-state index is 0.0209. The van der Waals surface area contributed by atoms with E-state index in [1.54, 1.807) is 24.0 Å². The van der Waals surface area contributed by atoms with Gasteiger partial charge in [0.1, 0.15) is 16.3 Å². The smallest absolute Gasteiger partial charge is 0.265 e. The fraction of sp³-hybridized carbons (Fsp3) is 0.333. The molecule has 1 amide bonds. The van der Waals surface area contributed by atoms with Crippen LogP contribution in [0.5, 0.6) is 0 Å². The highest BCUT2D eigenvalue weighted by atomic mass is 32.2. The molecule has 8 nitrogen and oxygen atoms in total. The first-order chi connectivity index (χ1) is 14.3. The van der Waals surface area contributed by atoms with Gasteiger partial charge in [0.05, 0.1) is 17.4 Å². The Morgan fingerprint density at radius 3 is 2.67 bits per heavy atom. The molecular weight excluding hydrogens is 404 g/mol. The SMILES string of the molecule is Cc1cccc(NS(=O)(=O)c2cc(-c3[nH]ncc3C(=O)N3CCCC3)oc2C)c1C. The van der Waals surface area contributed by atoms with Gasteiger partial charge in [0.2, 0.25) is 0 Å². The summed E-state index contributed by atoms with van der Waals surface area (Å²) in [6, 6.07) is 6.87. The van der Waals surface area contributed by atoms with E-state index in [-0.39, 0.29) is 22.3 Å². The normalized spacial score (nSPS) is 14.3. The molecule has 0 bridgehead atoms. The first-order valence-corrected chi connectivity index (χ1v) is 11.3. The van der Waals surface area contributed by atoms with Gasteiger partial charge in [0.25, 0.3) is 15.9 Å². The van der Waals surface area contributed by atoms with Crippen LogP contribution in [0.15, 0.2) is 39.8 Å². The van der Waals surface area contributed by atoms with Crippen molar-refractivity contribution in [2.45, 2.75) is 38.5 Å². The van der Waals surface area contributed by atoms with Gasteiger partial charge in [-0.05, 0) is 50.8 Å². The van der Waals surface area contributed by atoms with Gasteiger partial charge in [-0.1, -0.05) is 12.1 Å². The standard InChI is InChI=1S/C21H24N4O4S/c1-13-7-6-8-17(14(13)2)24-30(27,28)19-11-18(29-15(19)3)20-16(12-22-23-20)21(26)25-9-4-5-10-25/h6-8,11-12,24H,4-5,9-10H2,1-3H3,(H,22,23). The third kappa shape index (κ3) is 3.60. The zero-order chi connectivity index (χ0) is 21.5. The van der Waals surface area contributed by atoms with Gasteiger partial charge in [0.15, 0.2) is 5.76 Å². The lowest BCUT2D eigenvalue weighted by Crippen LogP contribution is -2.27. The molecule has 0 spiro atoms. The van der Waals surface area contributed by atoms with Gasteiger partial charge in [-0.15, -0.1) is 0 Å². The van der Waals surface area contributed by atoms with Crippen LogP contribution in [0.4, 0.5) is 5.69 Å². The number of hydrogen-bond acceptors (Lipinski definition) is 5. The second-order valence-corrected chi connectivity index (χ2v) is 9.19. The molecule has 0 atom stereocenters. The van der Waals surface area contributed by atoms with E-state index in [1.165, 1.54) is 12.3 Å². The highest BCUT2D eigenvalue weighted by Crippen LogP contribution is 2.31. The van der Waals surface area contributed by atoms with Crippen LogP contribution in [-0.4, -0.2) is 42.5 Å². The Labute approximate surface area is 175 Å². The quantitative estimate of drug-likeness (QED) is 0.645. The molecule has 1 aliphatic rings. The monoisotopic (exact) mass is 428 g/mol. The van der Waals surface area contributed by atoms with Crippen LogP contribution in [-0.2, 0) is 10.0 Å². The minimum atomic E-state index is -3.88. The molecule has 30 heavy (non-hydrogen) atoms. The number of aromatic amines is 1. The number of anilines is 1. The summed E-state index contributed by atoms with van der Waals surface area (Å²) in [6.07, 6.45) is 3.41. The molecule has 0 unspecified atom stereocenters. The number of furan rings is 1. The van der Waals surface area contributed by atoms with Crippen molar-refractivity contribution in [2.75, 3.05) is 17.8 Å². The van der Waals surface area contributed by atoms with Crippen LogP contribution in [0.25, 0.3) is 11.5 Å². The van der Waals surface area contributed by atoms with Crippen LogP contribution in [0, 0.1) is 20.8 Å². The summed E-state index contributed by atoms with van der Waals surface area (Å²) in [5.41, 5.74) is 3.11. The lowest BCUT2D eigenvalue weighted by Gasteiger charge is -2.14. The van der Waals surface area contributed by atoms with Crippen LogP contribution in [0.2, 0.25) is 0 Å². The molecule has 3 heterocycles. The van der Waals surface area contributed by atoms with Crippen molar-refractivity contribution in [3.63, 3.8) is 0 Å². The van der Waals surface area contributed by atoms with E-state index in [2.05, 4.69) is 14.9 Å². The molecule has 2 aromatic heterocycles. The second-order valence-electron chi connectivity index (χ2n) is 7.54. The van der Waals surface area contributed by atoms with E-state index >= 15 is 0 Å². The fourth-order valence-electron chi connectivity index (χ4n) is 3.64. The maximum atomic E-state index is 13.0. The third-order valence-electron chi connectivity index (χ3n) is 5.52. The molecule has 4 rings (SSSR count). The number of carbonyl (C=O) groups excluding carboxylic acids is 1. The summed E-state index contributed by atoms with van der Waals surface area (Å²) in [4.78, 5) is 14.6. The molecule has 0 radical (unpaired) electrons. The average Bonchev–Trinajstić information content (AvgIpc) is 3.44. The Morgan fingerprint density at radius 1 is 1.20 bits per heavy atom. The van der Waals surface area contributed by atoms with Gasteiger partial charge in [-0.3, -0.25) is 14.6 Å². The molecule has 3 aromatic rings. The predicted octanol–water partition coefficient (Wildman–Crippen LogP) is 3.63. The minimum Gasteiger partial charge on any atom is -0.458 e. The Morgan fingerprint density at radius 2 is 1.93 bits per heavy atom. The van der Waals surface area contributed by atoms with E-state index in [4.69, 9.17) is 4.42 Å². The van der Waals surface area contributed by atoms with Crippen molar-refractivity contribution < 1.29 is 17.6 Å². The van der Waals surface area contributed by atoms with Crippen molar-refractivity contribution in [1.29, 1.82) is 0 Å². The van der Waals surface area contributed by atoms with Crippen molar-refractivity contribution >= 4 is 21.6 Å². The lowest BCUT2D eigenvalue weighted by atomic mass is 10.1. The average molecular weight is 429 g/mol. The molecule has 0 saturated carbocycles. The number of aromatic nitrogens is 2. The molecule has 158 valence electrons. The van der Waals surface area contributed by atoms with E-state index in [9.17, 15) is 13.2 Å². The molecule has 0 aliphatic carbocycles. The first kappa shape index (κ1) is 20.2. The topological polar surface area (TPSA) is 108 Å². The lowest BCUT2D eigenvalue weighted by molar-refractivity contribution is 0.0793. The summed E-state index contributed by atoms with van der Waals surface area (Å²) < 4.78 is 34.4. The fourth-order valence-corrected chi connectivity index (χ4v) is 4.95. The Bertz CT molecular complexity index is 1200. The van der Waals surface area contributed by atoms with Gasteiger partial charge < -0.3 is 9.32 Å². The Hall–Kier alpha value is -3.07.